The molecule has 0 atom stereocenters. The number of oxazole rings is 1. The van der Waals surface area contributed by atoms with E-state index in [1.165, 1.54) is 6.42 Å². The fourth-order valence-corrected chi connectivity index (χ4v) is 2.97. The highest BCUT2D eigenvalue weighted by molar-refractivity contribution is 5.80. The molecule has 2 aromatic rings. The van der Waals surface area contributed by atoms with Crippen LogP contribution in [0.15, 0.2) is 28.7 Å². The highest BCUT2D eigenvalue weighted by Gasteiger charge is 2.17. The summed E-state index contributed by atoms with van der Waals surface area (Å²) in [4.78, 5) is 27.8. The first kappa shape index (κ1) is 16.5. The van der Waals surface area contributed by atoms with Gasteiger partial charge in [0.1, 0.15) is 5.52 Å². The summed E-state index contributed by atoms with van der Waals surface area (Å²) in [6.45, 7) is -0.219. The van der Waals surface area contributed by atoms with E-state index in [0.29, 0.717) is 17.9 Å². The molecule has 1 aromatic carbocycles. The van der Waals surface area contributed by atoms with E-state index in [-0.39, 0.29) is 25.0 Å². The molecule has 0 aliphatic heterocycles. The molecule has 0 saturated heterocycles. The van der Waals surface area contributed by atoms with Crippen LogP contribution in [-0.4, -0.2) is 29.5 Å². The maximum absolute atomic E-state index is 11.8. The number of benzene rings is 1. The normalized spacial score (nSPS) is 15.3. The highest BCUT2D eigenvalue weighted by atomic mass is 16.5. The Balaban J connectivity index is 1.38. The molecule has 0 bridgehead atoms. The minimum Gasteiger partial charge on any atom is -0.456 e. The van der Waals surface area contributed by atoms with Gasteiger partial charge in [0.15, 0.2) is 18.1 Å². The molecule has 0 radical (unpaired) electrons. The monoisotopic (exact) mass is 330 g/mol. The average Bonchev–Trinajstić information content (AvgIpc) is 3.02. The topological polar surface area (TPSA) is 81.4 Å². The first-order valence-electron chi connectivity index (χ1n) is 8.50. The second-order valence-corrected chi connectivity index (χ2v) is 6.14. The summed E-state index contributed by atoms with van der Waals surface area (Å²) in [6.07, 6.45) is 6.05. The molecule has 0 unspecified atom stereocenters. The van der Waals surface area contributed by atoms with Crippen LogP contribution in [0.3, 0.4) is 0 Å². The van der Waals surface area contributed by atoms with Gasteiger partial charge >= 0.3 is 5.97 Å². The smallest absolute Gasteiger partial charge is 0.306 e. The van der Waals surface area contributed by atoms with Crippen molar-refractivity contribution in [3.8, 4) is 0 Å². The summed E-state index contributed by atoms with van der Waals surface area (Å²) < 4.78 is 10.6. The van der Waals surface area contributed by atoms with Crippen LogP contribution < -0.4 is 5.32 Å². The molecule has 6 heteroatoms. The Hall–Kier alpha value is -2.37. The molecule has 1 N–H and O–H groups in total. The number of rotatable bonds is 6. The van der Waals surface area contributed by atoms with Crippen molar-refractivity contribution in [2.45, 2.75) is 51.0 Å². The van der Waals surface area contributed by atoms with Crippen LogP contribution >= 0.6 is 0 Å². The SMILES string of the molecule is O=C(COC(=O)CCc1nc2ccccc2o1)NC1CCCCC1. The van der Waals surface area contributed by atoms with Gasteiger partial charge in [-0.25, -0.2) is 4.98 Å². The number of ether oxygens (including phenoxy) is 1. The van der Waals surface area contributed by atoms with E-state index >= 15 is 0 Å². The number of para-hydroxylation sites is 2. The number of hydrogen-bond acceptors (Lipinski definition) is 5. The number of carbonyl (C=O) groups excluding carboxylic acids is 2. The van der Waals surface area contributed by atoms with Gasteiger partial charge in [-0.1, -0.05) is 31.4 Å². The van der Waals surface area contributed by atoms with Gasteiger partial charge in [-0.2, -0.15) is 0 Å². The van der Waals surface area contributed by atoms with Crippen LogP contribution in [0.2, 0.25) is 0 Å². The van der Waals surface area contributed by atoms with Gasteiger partial charge in [-0.3, -0.25) is 9.59 Å². The second kappa shape index (κ2) is 7.95. The van der Waals surface area contributed by atoms with Crippen LogP contribution in [0.4, 0.5) is 0 Å². The standard InChI is InChI=1S/C18H22N2O4/c21-16(19-13-6-2-1-3-7-13)12-23-18(22)11-10-17-20-14-8-4-5-9-15(14)24-17/h4-5,8-9,13H,1-3,6-7,10-12H2,(H,19,21). The number of aromatic nitrogens is 1. The van der Waals surface area contributed by atoms with Gasteiger partial charge in [0, 0.05) is 12.5 Å². The molecule has 128 valence electrons. The molecule has 1 saturated carbocycles. The van der Waals surface area contributed by atoms with Crippen molar-refractivity contribution in [2.75, 3.05) is 6.61 Å². The fourth-order valence-electron chi connectivity index (χ4n) is 2.97. The molecule has 1 amide bonds. The Morgan fingerprint density at radius 2 is 2.00 bits per heavy atom. The van der Waals surface area contributed by atoms with Crippen molar-refractivity contribution in [3.05, 3.63) is 30.2 Å². The predicted molar refractivity (Wildman–Crippen MR) is 88.3 cm³/mol. The predicted octanol–water partition coefficient (Wildman–Crippen LogP) is 2.75. The molecule has 1 heterocycles. The largest absolute Gasteiger partial charge is 0.456 e. The zero-order valence-electron chi connectivity index (χ0n) is 13.6. The summed E-state index contributed by atoms with van der Waals surface area (Å²) in [5.74, 6) is -0.145. The van der Waals surface area contributed by atoms with Gasteiger partial charge in [0.25, 0.3) is 5.91 Å². The Labute approximate surface area is 140 Å². The number of nitrogens with zero attached hydrogens (tertiary/aromatic N) is 1. The Morgan fingerprint density at radius 1 is 1.21 bits per heavy atom. The van der Waals surface area contributed by atoms with Crippen LogP contribution in [0.5, 0.6) is 0 Å². The zero-order chi connectivity index (χ0) is 16.8. The van der Waals surface area contributed by atoms with Gasteiger partial charge in [0.05, 0.1) is 6.42 Å². The third-order valence-electron chi connectivity index (χ3n) is 4.22. The Bertz CT molecular complexity index is 671. The Morgan fingerprint density at radius 3 is 2.79 bits per heavy atom. The lowest BCUT2D eigenvalue weighted by Gasteiger charge is -2.22. The van der Waals surface area contributed by atoms with Gasteiger partial charge in [-0.05, 0) is 25.0 Å². The molecule has 6 nitrogen and oxygen atoms in total. The maximum atomic E-state index is 11.8. The third kappa shape index (κ3) is 4.57. The highest BCUT2D eigenvalue weighted by Crippen LogP contribution is 2.17. The van der Waals surface area contributed by atoms with Gasteiger partial charge < -0.3 is 14.5 Å². The van der Waals surface area contributed by atoms with Crippen molar-refractivity contribution in [1.29, 1.82) is 0 Å². The fraction of sp³-hybridized carbons (Fsp3) is 0.500. The van der Waals surface area contributed by atoms with E-state index in [1.54, 1.807) is 0 Å². The minimum atomic E-state index is -0.420. The van der Waals surface area contributed by atoms with Crippen LogP contribution in [0.1, 0.15) is 44.4 Å². The number of amides is 1. The molecule has 1 aliphatic carbocycles. The van der Waals surface area contributed by atoms with Crippen molar-refractivity contribution in [2.24, 2.45) is 0 Å². The quantitative estimate of drug-likeness (QED) is 0.824. The number of hydrogen-bond donors (Lipinski definition) is 1. The summed E-state index contributed by atoms with van der Waals surface area (Å²) in [7, 11) is 0. The molecule has 1 aliphatic rings. The van der Waals surface area contributed by atoms with Crippen LogP contribution in [0.25, 0.3) is 11.1 Å². The van der Waals surface area contributed by atoms with Gasteiger partial charge in [0.2, 0.25) is 0 Å². The summed E-state index contributed by atoms with van der Waals surface area (Å²) in [5.41, 5.74) is 1.47. The van der Waals surface area contributed by atoms with E-state index in [9.17, 15) is 9.59 Å². The van der Waals surface area contributed by atoms with E-state index in [0.717, 1.165) is 31.2 Å². The number of aryl methyl sites for hydroxylation is 1. The molecule has 1 fully saturated rings. The summed E-state index contributed by atoms with van der Waals surface area (Å²) in [6, 6.07) is 7.67. The summed E-state index contributed by atoms with van der Waals surface area (Å²) >= 11 is 0. The minimum absolute atomic E-state index is 0.142. The number of fused-ring (bicyclic) bond motifs is 1. The maximum Gasteiger partial charge on any atom is 0.306 e. The molecule has 24 heavy (non-hydrogen) atoms. The molecular weight excluding hydrogens is 308 g/mol. The lowest BCUT2D eigenvalue weighted by Crippen LogP contribution is -2.38. The van der Waals surface area contributed by atoms with Crippen molar-refractivity contribution < 1.29 is 18.7 Å². The number of esters is 1. The van der Waals surface area contributed by atoms with Crippen LogP contribution in [-0.2, 0) is 20.7 Å². The van der Waals surface area contributed by atoms with Crippen molar-refractivity contribution >= 4 is 23.0 Å². The zero-order valence-corrected chi connectivity index (χ0v) is 13.6. The van der Waals surface area contributed by atoms with Crippen molar-refractivity contribution in [3.63, 3.8) is 0 Å². The molecule has 3 rings (SSSR count). The van der Waals surface area contributed by atoms with E-state index in [1.807, 2.05) is 24.3 Å². The first-order valence-corrected chi connectivity index (χ1v) is 8.50. The average molecular weight is 330 g/mol. The van der Waals surface area contributed by atoms with Gasteiger partial charge in [-0.15, -0.1) is 0 Å². The van der Waals surface area contributed by atoms with E-state index in [2.05, 4.69) is 10.3 Å². The van der Waals surface area contributed by atoms with Crippen LogP contribution in [0, 0.1) is 0 Å². The molecular formula is C18H22N2O4. The Kier molecular flexibility index (Phi) is 5.46. The third-order valence-corrected chi connectivity index (χ3v) is 4.22. The van der Waals surface area contributed by atoms with E-state index in [4.69, 9.17) is 9.15 Å². The number of carbonyl (C=O) groups is 2. The summed E-state index contributed by atoms with van der Waals surface area (Å²) in [5, 5.41) is 2.92. The molecule has 0 spiro atoms. The second-order valence-electron chi connectivity index (χ2n) is 6.14. The molecule has 1 aromatic heterocycles. The van der Waals surface area contributed by atoms with E-state index < -0.39 is 5.97 Å². The van der Waals surface area contributed by atoms with Crippen molar-refractivity contribution in [1.82, 2.24) is 10.3 Å². The number of nitrogens with one attached hydrogen (secondary N) is 1. The lowest BCUT2D eigenvalue weighted by molar-refractivity contribution is -0.148. The lowest BCUT2D eigenvalue weighted by atomic mass is 9.95. The first-order chi connectivity index (χ1) is 11.7.